The molecule has 6 aromatic rings. The Morgan fingerprint density at radius 1 is 0.659 bits per heavy atom. The molecular formula is C32H28Cl2F2N8. The molecule has 4 aromatic heterocycles. The van der Waals surface area contributed by atoms with Gasteiger partial charge < -0.3 is 20.6 Å². The van der Waals surface area contributed by atoms with Crippen molar-refractivity contribution in [1.29, 1.82) is 0 Å². The number of hydrogen-bond donors (Lipinski definition) is 4. The minimum atomic E-state index is -0.692. The largest absolute Gasteiger partial charge is 0.364 e. The van der Waals surface area contributed by atoms with Crippen LogP contribution in [-0.2, 0) is 0 Å². The molecule has 0 atom stereocenters. The number of benzene rings is 2. The lowest BCUT2D eigenvalue weighted by atomic mass is 10.1. The van der Waals surface area contributed by atoms with Crippen LogP contribution in [0, 0.1) is 39.3 Å². The van der Waals surface area contributed by atoms with Crippen molar-refractivity contribution in [2.75, 3.05) is 10.6 Å². The summed E-state index contributed by atoms with van der Waals surface area (Å²) >= 11 is 12.1. The number of rotatable bonds is 6. The first-order valence-electron chi connectivity index (χ1n) is 13.5. The molecule has 0 amide bonds. The molecule has 6 rings (SSSR count). The van der Waals surface area contributed by atoms with Gasteiger partial charge in [0.2, 0.25) is 11.9 Å². The Balaban J connectivity index is 0.000000175. The number of halogens is 4. The predicted octanol–water partition coefficient (Wildman–Crippen LogP) is 9.25. The number of aryl methyl sites for hydroxylation is 4. The molecule has 8 nitrogen and oxygen atoms in total. The average molecular weight is 634 g/mol. The minimum Gasteiger partial charge on any atom is -0.364 e. The molecule has 0 spiro atoms. The first-order valence-corrected chi connectivity index (χ1v) is 14.2. The lowest BCUT2D eigenvalue weighted by molar-refractivity contribution is 0.586. The Labute approximate surface area is 263 Å². The first kappa shape index (κ1) is 30.7. The monoisotopic (exact) mass is 632 g/mol. The fraction of sp³-hybridized carbons (Fsp3) is 0.125. The van der Waals surface area contributed by atoms with Crippen molar-refractivity contribution in [1.82, 2.24) is 29.9 Å². The highest BCUT2D eigenvalue weighted by molar-refractivity contribution is 6.36. The van der Waals surface area contributed by atoms with Crippen molar-refractivity contribution < 1.29 is 8.78 Å². The highest BCUT2D eigenvalue weighted by atomic mass is 35.5. The van der Waals surface area contributed by atoms with Crippen LogP contribution in [0.5, 0.6) is 0 Å². The van der Waals surface area contributed by atoms with E-state index in [1.54, 1.807) is 36.7 Å². The smallest absolute Gasteiger partial charge is 0.227 e. The fourth-order valence-corrected chi connectivity index (χ4v) is 5.10. The molecule has 0 aliphatic rings. The molecule has 0 bridgehead atoms. The van der Waals surface area contributed by atoms with E-state index in [9.17, 15) is 8.78 Å². The van der Waals surface area contributed by atoms with Gasteiger partial charge in [0, 0.05) is 58.4 Å². The molecule has 44 heavy (non-hydrogen) atoms. The molecule has 0 radical (unpaired) electrons. The van der Waals surface area contributed by atoms with Crippen LogP contribution in [0.2, 0.25) is 10.0 Å². The zero-order chi connectivity index (χ0) is 31.4. The second kappa shape index (κ2) is 13.2. The number of aromatic nitrogens is 6. The number of aromatic amines is 2. The molecule has 0 aliphatic carbocycles. The van der Waals surface area contributed by atoms with Crippen LogP contribution in [0.25, 0.3) is 22.5 Å². The maximum atomic E-state index is 13.7. The van der Waals surface area contributed by atoms with Gasteiger partial charge in [0.15, 0.2) is 0 Å². The summed E-state index contributed by atoms with van der Waals surface area (Å²) in [5, 5.41) is 6.99. The molecule has 2 aromatic carbocycles. The van der Waals surface area contributed by atoms with Gasteiger partial charge in [0.25, 0.3) is 0 Å². The molecule has 0 saturated carbocycles. The molecule has 0 aliphatic heterocycles. The van der Waals surface area contributed by atoms with E-state index in [0.717, 1.165) is 51.1 Å². The molecule has 0 fully saturated rings. The van der Waals surface area contributed by atoms with E-state index in [2.05, 4.69) is 40.5 Å². The lowest BCUT2D eigenvalue weighted by Crippen LogP contribution is -2.00. The van der Waals surface area contributed by atoms with Gasteiger partial charge in [-0.15, -0.1) is 0 Å². The van der Waals surface area contributed by atoms with Gasteiger partial charge in [-0.3, -0.25) is 0 Å². The van der Waals surface area contributed by atoms with E-state index in [1.807, 2.05) is 46.2 Å². The van der Waals surface area contributed by atoms with Crippen molar-refractivity contribution >= 4 is 46.5 Å². The second-order valence-corrected chi connectivity index (χ2v) is 10.8. The molecule has 224 valence electrons. The van der Waals surface area contributed by atoms with Crippen LogP contribution in [0.3, 0.4) is 0 Å². The van der Waals surface area contributed by atoms with E-state index >= 15 is 0 Å². The molecule has 4 N–H and O–H groups in total. The second-order valence-electron chi connectivity index (χ2n) is 9.97. The van der Waals surface area contributed by atoms with Gasteiger partial charge in [-0.25, -0.2) is 28.7 Å². The molecule has 4 heterocycles. The van der Waals surface area contributed by atoms with E-state index in [0.29, 0.717) is 21.7 Å². The molecule has 0 saturated heterocycles. The number of anilines is 4. The van der Waals surface area contributed by atoms with E-state index < -0.39 is 11.6 Å². The summed E-state index contributed by atoms with van der Waals surface area (Å²) in [7, 11) is 0. The fourth-order valence-electron chi connectivity index (χ4n) is 4.64. The minimum absolute atomic E-state index is 0.126. The Morgan fingerprint density at radius 2 is 1.18 bits per heavy atom. The zero-order valence-electron chi connectivity index (χ0n) is 24.2. The topological polar surface area (TPSA) is 107 Å². The Hall–Kier alpha value is -4.80. The van der Waals surface area contributed by atoms with Crippen LogP contribution in [0.4, 0.5) is 32.1 Å². The van der Waals surface area contributed by atoms with E-state index in [1.165, 1.54) is 12.1 Å². The van der Waals surface area contributed by atoms with Crippen molar-refractivity contribution in [2.24, 2.45) is 0 Å². The summed E-state index contributed by atoms with van der Waals surface area (Å²) in [6.45, 7) is 8.00. The highest BCUT2D eigenvalue weighted by Crippen LogP contribution is 2.30. The summed E-state index contributed by atoms with van der Waals surface area (Å²) < 4.78 is 26.6. The maximum absolute atomic E-state index is 13.7. The van der Waals surface area contributed by atoms with E-state index in [-0.39, 0.29) is 11.6 Å². The van der Waals surface area contributed by atoms with Crippen LogP contribution < -0.4 is 10.6 Å². The Morgan fingerprint density at radius 3 is 1.66 bits per heavy atom. The van der Waals surface area contributed by atoms with Gasteiger partial charge in [-0.1, -0.05) is 23.2 Å². The van der Waals surface area contributed by atoms with Gasteiger partial charge in [0.1, 0.15) is 11.6 Å². The third-order valence-corrected chi connectivity index (χ3v) is 7.28. The standard InChI is InChI=1S/C16H14Cl2N4.C16H14F2N4/c2*1-9-8-20-10(2)15(9)14-5-6-19-16(22-14)21-13-4-3-11(17)7-12(13)18/h2*3-8,20H,1-2H3,(H,19,21,22). The summed E-state index contributed by atoms with van der Waals surface area (Å²) in [6.07, 6.45) is 7.19. The molecule has 0 unspecified atom stereocenters. The third kappa shape index (κ3) is 7.04. The molecule has 12 heteroatoms. The van der Waals surface area contributed by atoms with Crippen LogP contribution >= 0.6 is 23.2 Å². The number of H-pyrrole nitrogens is 2. The zero-order valence-corrected chi connectivity index (χ0v) is 25.7. The summed E-state index contributed by atoms with van der Waals surface area (Å²) in [5.41, 5.74) is 8.79. The number of nitrogens with one attached hydrogen (secondary N) is 4. The van der Waals surface area contributed by atoms with Crippen molar-refractivity contribution in [2.45, 2.75) is 27.7 Å². The van der Waals surface area contributed by atoms with Crippen molar-refractivity contribution in [3.63, 3.8) is 0 Å². The average Bonchev–Trinajstić information content (AvgIpc) is 3.51. The Kier molecular flexibility index (Phi) is 9.22. The van der Waals surface area contributed by atoms with Gasteiger partial charge in [-0.05, 0) is 81.3 Å². The Bertz CT molecular complexity index is 1760. The van der Waals surface area contributed by atoms with Crippen molar-refractivity contribution in [3.05, 3.63) is 118 Å². The van der Waals surface area contributed by atoms with Gasteiger partial charge in [0.05, 0.1) is 27.8 Å². The van der Waals surface area contributed by atoms with Crippen LogP contribution in [-0.4, -0.2) is 29.9 Å². The maximum Gasteiger partial charge on any atom is 0.227 e. The third-order valence-electron chi connectivity index (χ3n) is 6.73. The summed E-state index contributed by atoms with van der Waals surface area (Å²) in [5.74, 6) is -0.580. The van der Waals surface area contributed by atoms with Gasteiger partial charge >= 0.3 is 0 Å². The lowest BCUT2D eigenvalue weighted by Gasteiger charge is -2.09. The molecular weight excluding hydrogens is 605 g/mol. The highest BCUT2D eigenvalue weighted by Gasteiger charge is 2.12. The van der Waals surface area contributed by atoms with Crippen LogP contribution in [0.15, 0.2) is 73.3 Å². The van der Waals surface area contributed by atoms with Crippen molar-refractivity contribution in [3.8, 4) is 22.5 Å². The van der Waals surface area contributed by atoms with Gasteiger partial charge in [-0.2, -0.15) is 0 Å². The number of nitrogens with zero attached hydrogens (tertiary/aromatic N) is 4. The SMILES string of the molecule is Cc1c[nH]c(C)c1-c1ccnc(Nc2ccc(Cl)cc2Cl)n1.Cc1c[nH]c(C)c1-c1ccnc(Nc2ccc(F)cc2F)n1. The quantitative estimate of drug-likeness (QED) is 0.146. The summed E-state index contributed by atoms with van der Waals surface area (Å²) in [4.78, 5) is 23.6. The first-order chi connectivity index (χ1) is 21.1. The number of hydrogen-bond acceptors (Lipinski definition) is 6. The normalized spacial score (nSPS) is 10.7. The predicted molar refractivity (Wildman–Crippen MR) is 172 cm³/mol. The summed E-state index contributed by atoms with van der Waals surface area (Å²) in [6, 6.07) is 12.2. The van der Waals surface area contributed by atoms with Crippen LogP contribution in [0.1, 0.15) is 22.5 Å². The van der Waals surface area contributed by atoms with E-state index in [4.69, 9.17) is 23.2 Å².